The van der Waals surface area contributed by atoms with E-state index >= 15 is 0 Å². The van der Waals surface area contributed by atoms with Crippen molar-refractivity contribution in [2.45, 2.75) is 58.5 Å². The SMILES string of the molecule is CON=C(CCCC(=O)O[Si](C)(C)C)C(=O)O[Si](C)(C)C. The maximum Gasteiger partial charge on any atom is 0.342 e. The van der Waals surface area contributed by atoms with E-state index in [4.69, 9.17) is 8.85 Å². The molecule has 0 aromatic rings. The third-order valence-electron chi connectivity index (χ3n) is 2.05. The molecule has 0 rings (SSSR count). The van der Waals surface area contributed by atoms with E-state index in [1.807, 2.05) is 39.3 Å². The fraction of sp³-hybridized carbons (Fsp3) is 0.769. The Hall–Kier alpha value is -1.16. The first-order chi connectivity index (χ1) is 9.44. The van der Waals surface area contributed by atoms with Crippen molar-refractivity contribution in [3.63, 3.8) is 0 Å². The fourth-order valence-electron chi connectivity index (χ4n) is 1.42. The zero-order valence-electron chi connectivity index (χ0n) is 14.1. The van der Waals surface area contributed by atoms with Crippen LogP contribution in [0.5, 0.6) is 0 Å². The summed E-state index contributed by atoms with van der Waals surface area (Å²) in [5.41, 5.74) is 0.209. The van der Waals surface area contributed by atoms with Gasteiger partial charge >= 0.3 is 5.97 Å². The lowest BCUT2D eigenvalue weighted by Gasteiger charge is -2.18. The normalized spacial score (nSPS) is 12.8. The Kier molecular flexibility index (Phi) is 7.87. The second-order valence-corrected chi connectivity index (χ2v) is 15.5. The summed E-state index contributed by atoms with van der Waals surface area (Å²) in [4.78, 5) is 28.2. The summed E-state index contributed by atoms with van der Waals surface area (Å²) in [7, 11) is -2.46. The van der Waals surface area contributed by atoms with Crippen LogP contribution in [-0.2, 0) is 23.3 Å². The number of hydrogen-bond donors (Lipinski definition) is 0. The number of carbonyl (C=O) groups is 2. The van der Waals surface area contributed by atoms with Crippen LogP contribution in [0.4, 0.5) is 0 Å². The number of rotatable bonds is 8. The highest BCUT2D eigenvalue weighted by molar-refractivity contribution is 6.72. The predicted octanol–water partition coefficient (Wildman–Crippen LogP) is 2.92. The minimum Gasteiger partial charge on any atom is -0.520 e. The molecule has 21 heavy (non-hydrogen) atoms. The Morgan fingerprint density at radius 2 is 1.43 bits per heavy atom. The Labute approximate surface area is 129 Å². The van der Waals surface area contributed by atoms with E-state index in [1.54, 1.807) is 0 Å². The molecule has 0 radical (unpaired) electrons. The summed E-state index contributed by atoms with van der Waals surface area (Å²) in [5, 5.41) is 3.70. The molecule has 0 unspecified atom stereocenters. The van der Waals surface area contributed by atoms with E-state index in [9.17, 15) is 9.59 Å². The average molecular weight is 334 g/mol. The number of hydrogen-bond acceptors (Lipinski definition) is 6. The molecule has 0 amide bonds. The van der Waals surface area contributed by atoms with E-state index in [1.165, 1.54) is 7.11 Å². The Bertz CT molecular complexity index is 396. The molecule has 0 atom stereocenters. The maximum absolute atomic E-state index is 11.9. The Morgan fingerprint density at radius 3 is 1.86 bits per heavy atom. The summed E-state index contributed by atoms with van der Waals surface area (Å²) in [5.74, 6) is -0.695. The largest absolute Gasteiger partial charge is 0.520 e. The van der Waals surface area contributed by atoms with Gasteiger partial charge in [-0.05, 0) is 45.7 Å². The predicted molar refractivity (Wildman–Crippen MR) is 87.2 cm³/mol. The monoisotopic (exact) mass is 333 g/mol. The van der Waals surface area contributed by atoms with Gasteiger partial charge in [-0.1, -0.05) is 5.16 Å². The highest BCUT2D eigenvalue weighted by atomic mass is 28.4. The van der Waals surface area contributed by atoms with Crippen LogP contribution in [0, 0.1) is 0 Å². The molecular formula is C13H27NO5Si2. The molecule has 0 fully saturated rings. The molecule has 0 aromatic carbocycles. The summed E-state index contributed by atoms with van der Waals surface area (Å²) in [6.07, 6.45) is 1.07. The zero-order chi connectivity index (χ0) is 16.7. The van der Waals surface area contributed by atoms with E-state index < -0.39 is 22.6 Å². The second-order valence-electron chi connectivity index (χ2n) is 6.66. The van der Waals surface area contributed by atoms with Crippen LogP contribution in [0.1, 0.15) is 19.3 Å². The third-order valence-corrected chi connectivity index (χ3v) is 3.69. The second kappa shape index (κ2) is 8.33. The number of oxime groups is 1. The molecule has 0 N–H and O–H groups in total. The van der Waals surface area contributed by atoms with E-state index in [0.717, 1.165) is 0 Å². The van der Waals surface area contributed by atoms with Crippen LogP contribution >= 0.6 is 0 Å². The topological polar surface area (TPSA) is 74.2 Å². The van der Waals surface area contributed by atoms with Crippen molar-refractivity contribution < 1.29 is 23.3 Å². The van der Waals surface area contributed by atoms with Gasteiger partial charge in [-0.2, -0.15) is 0 Å². The number of nitrogens with zero attached hydrogens (tertiary/aromatic N) is 1. The first kappa shape index (κ1) is 19.8. The summed E-state index contributed by atoms with van der Waals surface area (Å²) < 4.78 is 10.7. The van der Waals surface area contributed by atoms with Gasteiger partial charge in [-0.25, -0.2) is 4.79 Å². The van der Waals surface area contributed by atoms with Gasteiger partial charge in [0, 0.05) is 12.8 Å². The van der Waals surface area contributed by atoms with Crippen LogP contribution in [0.2, 0.25) is 39.3 Å². The van der Waals surface area contributed by atoms with Crippen molar-refractivity contribution in [3.8, 4) is 0 Å². The minimum atomic E-state index is -1.98. The van der Waals surface area contributed by atoms with Crippen molar-refractivity contribution >= 4 is 34.3 Å². The zero-order valence-corrected chi connectivity index (χ0v) is 16.1. The number of carbonyl (C=O) groups excluding carboxylic acids is 2. The van der Waals surface area contributed by atoms with E-state index in [2.05, 4.69) is 9.99 Å². The first-order valence-electron chi connectivity index (χ1n) is 7.00. The third kappa shape index (κ3) is 11.2. The molecule has 8 heteroatoms. The van der Waals surface area contributed by atoms with Gasteiger partial charge < -0.3 is 13.7 Å². The van der Waals surface area contributed by atoms with Gasteiger partial charge in [0.05, 0.1) is 0 Å². The molecule has 0 saturated heterocycles. The van der Waals surface area contributed by atoms with Gasteiger partial charge in [-0.3, -0.25) is 4.79 Å². The molecule has 0 aliphatic rings. The highest BCUT2D eigenvalue weighted by Crippen LogP contribution is 2.10. The van der Waals surface area contributed by atoms with Crippen LogP contribution < -0.4 is 0 Å². The maximum atomic E-state index is 11.9. The molecular weight excluding hydrogens is 306 g/mol. The van der Waals surface area contributed by atoms with Gasteiger partial charge in [0.15, 0.2) is 5.71 Å². The smallest absolute Gasteiger partial charge is 0.342 e. The Balaban J connectivity index is 4.39. The van der Waals surface area contributed by atoms with Crippen molar-refractivity contribution in [1.29, 1.82) is 0 Å². The summed E-state index contributed by atoms with van der Waals surface area (Å²) >= 11 is 0. The van der Waals surface area contributed by atoms with Crippen molar-refractivity contribution in [3.05, 3.63) is 0 Å². The lowest BCUT2D eigenvalue weighted by molar-refractivity contribution is -0.135. The highest BCUT2D eigenvalue weighted by Gasteiger charge is 2.24. The summed E-state index contributed by atoms with van der Waals surface area (Å²) in [6.45, 7) is 11.6. The average Bonchev–Trinajstić information content (AvgIpc) is 2.22. The molecule has 0 saturated carbocycles. The van der Waals surface area contributed by atoms with Crippen LogP contribution in [0.15, 0.2) is 5.16 Å². The molecule has 0 aliphatic carbocycles. The van der Waals surface area contributed by atoms with Gasteiger partial charge in [0.1, 0.15) is 7.11 Å². The molecule has 0 heterocycles. The molecule has 0 aromatic heterocycles. The van der Waals surface area contributed by atoms with Crippen molar-refractivity contribution in [2.24, 2.45) is 5.16 Å². The summed E-state index contributed by atoms with van der Waals surface area (Å²) in [6, 6.07) is 0. The Morgan fingerprint density at radius 1 is 0.905 bits per heavy atom. The van der Waals surface area contributed by atoms with Gasteiger partial charge in [0.2, 0.25) is 16.6 Å². The van der Waals surface area contributed by atoms with Crippen molar-refractivity contribution in [1.82, 2.24) is 0 Å². The quantitative estimate of drug-likeness (QED) is 0.388. The van der Waals surface area contributed by atoms with E-state index in [-0.39, 0.29) is 18.1 Å². The molecule has 0 spiro atoms. The first-order valence-corrected chi connectivity index (χ1v) is 13.8. The standard InChI is InChI=1S/C13H27NO5Si2/c1-17-14-11(13(16)19-21(5,6)7)9-8-10-12(15)18-20(2,3)4/h8-10H2,1-7H3. The van der Waals surface area contributed by atoms with Crippen LogP contribution in [0.3, 0.4) is 0 Å². The van der Waals surface area contributed by atoms with Crippen LogP contribution in [0.25, 0.3) is 0 Å². The van der Waals surface area contributed by atoms with Gasteiger partial charge in [-0.15, -0.1) is 0 Å². The van der Waals surface area contributed by atoms with Gasteiger partial charge in [0.25, 0.3) is 5.97 Å². The van der Waals surface area contributed by atoms with Crippen LogP contribution in [-0.4, -0.2) is 41.4 Å². The molecule has 122 valence electrons. The lowest BCUT2D eigenvalue weighted by Crippen LogP contribution is -2.33. The van der Waals surface area contributed by atoms with E-state index in [0.29, 0.717) is 12.8 Å². The lowest BCUT2D eigenvalue weighted by atomic mass is 10.2. The fourth-order valence-corrected chi connectivity index (χ4v) is 2.88. The minimum absolute atomic E-state index is 0.209. The van der Waals surface area contributed by atoms with Crippen molar-refractivity contribution in [2.75, 3.05) is 7.11 Å². The molecule has 0 bridgehead atoms. The molecule has 6 nitrogen and oxygen atoms in total. The molecule has 0 aliphatic heterocycles.